The predicted octanol–water partition coefficient (Wildman–Crippen LogP) is 3.62. The first kappa shape index (κ1) is 13.4. The molecule has 0 unspecified atom stereocenters. The Kier molecular flexibility index (Phi) is 3.71. The van der Waals surface area contributed by atoms with E-state index in [9.17, 15) is 9.18 Å². The summed E-state index contributed by atoms with van der Waals surface area (Å²) < 4.78 is 13.1. The fraction of sp³-hybridized carbons (Fsp3) is 0.0714. The first-order chi connectivity index (χ1) is 8.95. The number of aryl methyl sites for hydroxylation is 1. The van der Waals surface area contributed by atoms with Crippen molar-refractivity contribution in [3.05, 3.63) is 58.4 Å². The van der Waals surface area contributed by atoms with Crippen LogP contribution in [0.1, 0.15) is 15.9 Å². The van der Waals surface area contributed by atoms with Crippen molar-refractivity contribution >= 4 is 28.9 Å². The zero-order valence-electron chi connectivity index (χ0n) is 10.2. The van der Waals surface area contributed by atoms with E-state index >= 15 is 0 Å². The molecule has 0 aliphatic carbocycles. The minimum absolute atomic E-state index is 0.247. The Morgan fingerprint density at radius 2 is 2.00 bits per heavy atom. The molecule has 0 saturated carbocycles. The highest BCUT2D eigenvalue weighted by atomic mass is 35.5. The smallest absolute Gasteiger partial charge is 0.255 e. The van der Waals surface area contributed by atoms with Crippen LogP contribution in [-0.4, -0.2) is 5.91 Å². The Bertz CT molecular complexity index is 623. The lowest BCUT2D eigenvalue weighted by Gasteiger charge is -2.07. The molecule has 0 saturated heterocycles. The highest BCUT2D eigenvalue weighted by Gasteiger charge is 2.08. The molecule has 0 atom stereocenters. The van der Waals surface area contributed by atoms with Gasteiger partial charge in [-0.2, -0.15) is 0 Å². The van der Waals surface area contributed by atoms with Gasteiger partial charge in [0, 0.05) is 22.0 Å². The molecule has 5 heteroatoms. The number of carbonyl (C=O) groups excluding carboxylic acids is 1. The van der Waals surface area contributed by atoms with Crippen LogP contribution in [0, 0.1) is 12.7 Å². The van der Waals surface area contributed by atoms with Crippen molar-refractivity contribution in [2.45, 2.75) is 6.92 Å². The first-order valence-electron chi connectivity index (χ1n) is 5.59. The van der Waals surface area contributed by atoms with Crippen LogP contribution in [0.2, 0.25) is 5.02 Å². The summed E-state index contributed by atoms with van der Waals surface area (Å²) in [6.07, 6.45) is 0. The molecule has 19 heavy (non-hydrogen) atoms. The van der Waals surface area contributed by atoms with Crippen LogP contribution >= 0.6 is 11.6 Å². The summed E-state index contributed by atoms with van der Waals surface area (Å²) >= 11 is 5.95. The predicted molar refractivity (Wildman–Crippen MR) is 75.0 cm³/mol. The molecule has 2 aromatic carbocycles. The number of halogens is 2. The lowest BCUT2D eigenvalue weighted by atomic mass is 10.1. The van der Waals surface area contributed by atoms with Crippen molar-refractivity contribution in [2.75, 3.05) is 11.1 Å². The average molecular weight is 279 g/mol. The van der Waals surface area contributed by atoms with Crippen molar-refractivity contribution in [2.24, 2.45) is 0 Å². The third-order valence-electron chi connectivity index (χ3n) is 2.61. The third-order valence-corrected chi connectivity index (χ3v) is 3.02. The molecule has 0 radical (unpaired) electrons. The van der Waals surface area contributed by atoms with Gasteiger partial charge < -0.3 is 11.1 Å². The van der Waals surface area contributed by atoms with E-state index in [1.54, 1.807) is 18.2 Å². The van der Waals surface area contributed by atoms with Gasteiger partial charge in [-0.25, -0.2) is 4.39 Å². The van der Waals surface area contributed by atoms with Gasteiger partial charge in [0.25, 0.3) is 5.91 Å². The minimum atomic E-state index is -0.503. The summed E-state index contributed by atoms with van der Waals surface area (Å²) in [6, 6.07) is 8.82. The molecule has 2 aromatic rings. The average Bonchev–Trinajstić information content (AvgIpc) is 2.31. The molecule has 2 rings (SSSR count). The fourth-order valence-electron chi connectivity index (χ4n) is 1.62. The highest BCUT2D eigenvalue weighted by molar-refractivity contribution is 6.31. The van der Waals surface area contributed by atoms with Gasteiger partial charge in [-0.1, -0.05) is 17.7 Å². The van der Waals surface area contributed by atoms with Gasteiger partial charge in [-0.3, -0.25) is 4.79 Å². The molecule has 98 valence electrons. The molecule has 3 nitrogen and oxygen atoms in total. The van der Waals surface area contributed by atoms with E-state index < -0.39 is 5.82 Å². The molecule has 0 heterocycles. The van der Waals surface area contributed by atoms with Crippen molar-refractivity contribution < 1.29 is 9.18 Å². The van der Waals surface area contributed by atoms with Gasteiger partial charge in [0.15, 0.2) is 0 Å². The summed E-state index contributed by atoms with van der Waals surface area (Å²) in [7, 11) is 0. The molecule has 0 spiro atoms. The second kappa shape index (κ2) is 5.28. The van der Waals surface area contributed by atoms with Gasteiger partial charge in [0.1, 0.15) is 5.82 Å². The zero-order chi connectivity index (χ0) is 14.0. The Labute approximate surface area is 115 Å². The van der Waals surface area contributed by atoms with Crippen LogP contribution in [0.5, 0.6) is 0 Å². The molecule has 0 aromatic heterocycles. The van der Waals surface area contributed by atoms with Crippen LogP contribution in [0.3, 0.4) is 0 Å². The van der Waals surface area contributed by atoms with Gasteiger partial charge in [0.05, 0.1) is 0 Å². The summed E-state index contributed by atoms with van der Waals surface area (Å²) in [5.74, 6) is -0.871. The molecular weight excluding hydrogens is 267 g/mol. The number of rotatable bonds is 2. The van der Waals surface area contributed by atoms with Crippen LogP contribution in [0.25, 0.3) is 0 Å². The highest BCUT2D eigenvalue weighted by Crippen LogP contribution is 2.19. The Balaban J connectivity index is 2.22. The van der Waals surface area contributed by atoms with E-state index in [0.717, 1.165) is 5.56 Å². The Morgan fingerprint density at radius 3 is 2.63 bits per heavy atom. The largest absolute Gasteiger partial charge is 0.399 e. The zero-order valence-corrected chi connectivity index (χ0v) is 11.0. The molecule has 3 N–H and O–H groups in total. The molecule has 1 amide bonds. The van der Waals surface area contributed by atoms with Crippen LogP contribution in [0.4, 0.5) is 15.8 Å². The van der Waals surface area contributed by atoms with Crippen molar-refractivity contribution in [3.63, 3.8) is 0 Å². The van der Waals surface area contributed by atoms with E-state index in [4.69, 9.17) is 17.3 Å². The SMILES string of the molecule is Cc1ccc(C(=O)Nc2cc(N)cc(F)c2)cc1Cl. The standard InChI is InChI=1S/C14H12ClFN2O/c1-8-2-3-9(4-13(8)15)14(19)18-12-6-10(16)5-11(17)7-12/h2-7H,17H2,1H3,(H,18,19). The minimum Gasteiger partial charge on any atom is -0.399 e. The van der Waals surface area contributed by atoms with E-state index in [1.165, 1.54) is 18.2 Å². The number of amides is 1. The second-order valence-corrected chi connectivity index (χ2v) is 4.60. The van der Waals surface area contributed by atoms with Gasteiger partial charge in [-0.05, 0) is 42.8 Å². The second-order valence-electron chi connectivity index (χ2n) is 4.19. The van der Waals surface area contributed by atoms with Crippen molar-refractivity contribution in [3.8, 4) is 0 Å². The first-order valence-corrected chi connectivity index (χ1v) is 5.97. The molecule has 0 bridgehead atoms. The monoisotopic (exact) mass is 278 g/mol. The summed E-state index contributed by atoms with van der Waals surface area (Å²) in [4.78, 5) is 12.0. The molecule has 0 aliphatic rings. The van der Waals surface area contributed by atoms with E-state index in [0.29, 0.717) is 16.3 Å². The lowest BCUT2D eigenvalue weighted by molar-refractivity contribution is 0.102. The summed E-state index contributed by atoms with van der Waals surface area (Å²) in [6.45, 7) is 1.84. The number of benzene rings is 2. The van der Waals surface area contributed by atoms with Gasteiger partial charge in [-0.15, -0.1) is 0 Å². The quantitative estimate of drug-likeness (QED) is 0.824. The van der Waals surface area contributed by atoms with E-state index in [1.807, 2.05) is 6.92 Å². The number of anilines is 2. The van der Waals surface area contributed by atoms with E-state index in [-0.39, 0.29) is 11.6 Å². The number of nitrogens with two attached hydrogens (primary N) is 1. The number of hydrogen-bond donors (Lipinski definition) is 2. The molecular formula is C14H12ClFN2O. The number of hydrogen-bond acceptors (Lipinski definition) is 2. The van der Waals surface area contributed by atoms with Crippen molar-refractivity contribution in [1.29, 1.82) is 0 Å². The van der Waals surface area contributed by atoms with Gasteiger partial charge >= 0.3 is 0 Å². The number of nitrogens with one attached hydrogen (secondary N) is 1. The normalized spacial score (nSPS) is 10.3. The van der Waals surface area contributed by atoms with Crippen LogP contribution < -0.4 is 11.1 Å². The van der Waals surface area contributed by atoms with Crippen LogP contribution in [-0.2, 0) is 0 Å². The van der Waals surface area contributed by atoms with E-state index in [2.05, 4.69) is 5.32 Å². The molecule has 0 aliphatic heterocycles. The van der Waals surface area contributed by atoms with Gasteiger partial charge in [0.2, 0.25) is 0 Å². The maximum atomic E-state index is 13.1. The maximum absolute atomic E-state index is 13.1. The fourth-order valence-corrected chi connectivity index (χ4v) is 1.80. The van der Waals surface area contributed by atoms with Crippen LogP contribution in [0.15, 0.2) is 36.4 Å². The Morgan fingerprint density at radius 1 is 1.26 bits per heavy atom. The topological polar surface area (TPSA) is 55.1 Å². The Hall–Kier alpha value is -2.07. The third kappa shape index (κ3) is 3.23. The molecule has 0 fully saturated rings. The number of carbonyl (C=O) groups is 1. The summed E-state index contributed by atoms with van der Waals surface area (Å²) in [5.41, 5.74) is 7.34. The van der Waals surface area contributed by atoms with Crippen molar-refractivity contribution in [1.82, 2.24) is 0 Å². The summed E-state index contributed by atoms with van der Waals surface area (Å²) in [5, 5.41) is 3.07. The maximum Gasteiger partial charge on any atom is 0.255 e. The number of nitrogen functional groups attached to an aromatic ring is 1. The lowest BCUT2D eigenvalue weighted by Crippen LogP contribution is -2.12.